The molecule has 1 aliphatic rings. The molecule has 0 unspecified atom stereocenters. The van der Waals surface area contributed by atoms with Crippen LogP contribution in [0, 0.1) is 0 Å². The number of morpholine rings is 1. The highest BCUT2D eigenvalue weighted by atomic mass is 16.5. The largest absolute Gasteiger partial charge is 0.367 e. The van der Waals surface area contributed by atoms with Crippen LogP contribution >= 0.6 is 0 Å². The van der Waals surface area contributed by atoms with E-state index in [4.69, 9.17) is 4.74 Å². The Morgan fingerprint density at radius 2 is 1.64 bits per heavy atom. The molecule has 3 aromatic carbocycles. The molecule has 0 aromatic heterocycles. The number of benzene rings is 3. The van der Waals surface area contributed by atoms with E-state index in [1.807, 2.05) is 72.5 Å². The van der Waals surface area contributed by atoms with E-state index in [-0.39, 0.29) is 18.1 Å². The van der Waals surface area contributed by atoms with Crippen molar-refractivity contribution in [1.82, 2.24) is 4.90 Å². The zero-order valence-corrected chi connectivity index (χ0v) is 14.3. The van der Waals surface area contributed by atoms with Crippen LogP contribution in [0.2, 0.25) is 0 Å². The summed E-state index contributed by atoms with van der Waals surface area (Å²) in [6.07, 6.45) is -0.0678. The normalized spacial score (nSPS) is 20.6. The molecule has 1 heterocycles. The van der Waals surface area contributed by atoms with E-state index >= 15 is 0 Å². The molecule has 1 aliphatic heterocycles. The first-order valence-corrected chi connectivity index (χ1v) is 8.70. The van der Waals surface area contributed by atoms with Crippen LogP contribution in [0.15, 0.2) is 72.8 Å². The maximum absolute atomic E-state index is 13.2. The van der Waals surface area contributed by atoms with Gasteiger partial charge in [0.05, 0.1) is 12.6 Å². The minimum Gasteiger partial charge on any atom is -0.367 e. The maximum atomic E-state index is 13.2. The molecule has 1 saturated heterocycles. The molecule has 0 bridgehead atoms. The first kappa shape index (κ1) is 15.9. The predicted molar refractivity (Wildman–Crippen MR) is 99.6 cm³/mol. The average molecular weight is 331 g/mol. The molecule has 0 radical (unpaired) electrons. The molecule has 4 rings (SSSR count). The third kappa shape index (κ3) is 3.15. The Kier molecular flexibility index (Phi) is 4.24. The number of hydrogen-bond acceptors (Lipinski definition) is 2. The maximum Gasteiger partial charge on any atom is 0.254 e. The van der Waals surface area contributed by atoms with Gasteiger partial charge in [-0.3, -0.25) is 4.79 Å². The molecule has 3 nitrogen and oxygen atoms in total. The van der Waals surface area contributed by atoms with Gasteiger partial charge in [0, 0.05) is 12.1 Å². The molecule has 0 aliphatic carbocycles. The Balaban J connectivity index is 1.65. The van der Waals surface area contributed by atoms with E-state index in [1.54, 1.807) is 0 Å². The minimum absolute atomic E-state index is 0.0119. The van der Waals surface area contributed by atoms with Crippen LogP contribution in [0.25, 0.3) is 10.8 Å². The number of rotatable bonds is 2. The van der Waals surface area contributed by atoms with E-state index in [2.05, 4.69) is 12.1 Å². The zero-order chi connectivity index (χ0) is 17.2. The van der Waals surface area contributed by atoms with Crippen molar-refractivity contribution in [1.29, 1.82) is 0 Å². The van der Waals surface area contributed by atoms with Crippen molar-refractivity contribution in [2.24, 2.45) is 0 Å². The molecule has 0 spiro atoms. The van der Waals surface area contributed by atoms with Crippen molar-refractivity contribution in [3.05, 3.63) is 83.9 Å². The van der Waals surface area contributed by atoms with Crippen LogP contribution in [0.4, 0.5) is 0 Å². The SMILES string of the molecule is C[C@@H]1CN(C(=O)c2cccc3ccccc23)C[C@H](c2ccccc2)O1. The van der Waals surface area contributed by atoms with Gasteiger partial charge in [-0.1, -0.05) is 66.7 Å². The van der Waals surface area contributed by atoms with Crippen LogP contribution in [-0.2, 0) is 4.74 Å². The summed E-state index contributed by atoms with van der Waals surface area (Å²) in [6.45, 7) is 3.22. The molecule has 3 aromatic rings. The number of fused-ring (bicyclic) bond motifs is 1. The van der Waals surface area contributed by atoms with Gasteiger partial charge < -0.3 is 9.64 Å². The van der Waals surface area contributed by atoms with Crippen molar-refractivity contribution in [2.45, 2.75) is 19.1 Å². The van der Waals surface area contributed by atoms with Gasteiger partial charge >= 0.3 is 0 Å². The lowest BCUT2D eigenvalue weighted by Gasteiger charge is -2.37. The molecule has 3 heteroatoms. The smallest absolute Gasteiger partial charge is 0.254 e. The Morgan fingerprint density at radius 3 is 2.48 bits per heavy atom. The number of ether oxygens (including phenoxy) is 1. The first-order chi connectivity index (χ1) is 12.2. The standard InChI is InChI=1S/C22H21NO2/c1-16-14-23(15-21(25-16)18-9-3-2-4-10-18)22(24)20-13-7-11-17-8-5-6-12-19(17)20/h2-13,16,21H,14-15H2,1H3/t16-,21-/m1/s1. The summed E-state index contributed by atoms with van der Waals surface area (Å²) in [6, 6.07) is 24.1. The molecular weight excluding hydrogens is 310 g/mol. The average Bonchev–Trinajstić information content (AvgIpc) is 2.67. The Labute approximate surface area is 147 Å². The molecule has 0 saturated carbocycles. The van der Waals surface area contributed by atoms with Gasteiger partial charge in [0.1, 0.15) is 6.10 Å². The van der Waals surface area contributed by atoms with Gasteiger partial charge in [-0.15, -0.1) is 0 Å². The van der Waals surface area contributed by atoms with E-state index in [0.717, 1.165) is 21.9 Å². The Hall–Kier alpha value is -2.65. The van der Waals surface area contributed by atoms with Crippen molar-refractivity contribution in [2.75, 3.05) is 13.1 Å². The van der Waals surface area contributed by atoms with Gasteiger partial charge in [0.2, 0.25) is 0 Å². The van der Waals surface area contributed by atoms with Crippen LogP contribution in [0.5, 0.6) is 0 Å². The number of nitrogens with zero attached hydrogens (tertiary/aromatic N) is 1. The fourth-order valence-electron chi connectivity index (χ4n) is 3.55. The third-order valence-corrected chi connectivity index (χ3v) is 4.74. The summed E-state index contributed by atoms with van der Waals surface area (Å²) in [4.78, 5) is 15.1. The van der Waals surface area contributed by atoms with Gasteiger partial charge in [-0.25, -0.2) is 0 Å². The Bertz CT molecular complexity index is 885. The van der Waals surface area contributed by atoms with Gasteiger partial charge in [0.25, 0.3) is 5.91 Å². The molecule has 0 N–H and O–H groups in total. The van der Waals surface area contributed by atoms with Gasteiger partial charge in [-0.05, 0) is 29.3 Å². The van der Waals surface area contributed by atoms with Gasteiger partial charge in [0.15, 0.2) is 0 Å². The number of carbonyl (C=O) groups is 1. The number of carbonyl (C=O) groups excluding carboxylic acids is 1. The third-order valence-electron chi connectivity index (χ3n) is 4.74. The molecule has 126 valence electrons. The first-order valence-electron chi connectivity index (χ1n) is 8.70. The van der Waals surface area contributed by atoms with Crippen LogP contribution in [0.1, 0.15) is 28.9 Å². The van der Waals surface area contributed by atoms with Crippen LogP contribution < -0.4 is 0 Å². The monoisotopic (exact) mass is 331 g/mol. The molecule has 25 heavy (non-hydrogen) atoms. The lowest BCUT2D eigenvalue weighted by atomic mass is 10.0. The zero-order valence-electron chi connectivity index (χ0n) is 14.3. The second-order valence-electron chi connectivity index (χ2n) is 6.58. The minimum atomic E-state index is -0.0797. The second kappa shape index (κ2) is 6.69. The second-order valence-corrected chi connectivity index (χ2v) is 6.58. The fraction of sp³-hybridized carbons (Fsp3) is 0.227. The van der Waals surface area contributed by atoms with E-state index in [1.165, 1.54) is 0 Å². The van der Waals surface area contributed by atoms with Crippen LogP contribution in [0.3, 0.4) is 0 Å². The van der Waals surface area contributed by atoms with Crippen molar-refractivity contribution in [3.63, 3.8) is 0 Å². The highest BCUT2D eigenvalue weighted by molar-refractivity contribution is 6.07. The lowest BCUT2D eigenvalue weighted by molar-refractivity contribution is -0.0691. The van der Waals surface area contributed by atoms with E-state index in [0.29, 0.717) is 13.1 Å². The predicted octanol–water partition coefficient (Wildman–Crippen LogP) is 4.44. The molecule has 1 amide bonds. The van der Waals surface area contributed by atoms with Crippen molar-refractivity contribution < 1.29 is 9.53 Å². The fourth-order valence-corrected chi connectivity index (χ4v) is 3.55. The summed E-state index contributed by atoms with van der Waals surface area (Å²) in [5.41, 5.74) is 1.88. The van der Waals surface area contributed by atoms with E-state index in [9.17, 15) is 4.79 Å². The van der Waals surface area contributed by atoms with Gasteiger partial charge in [-0.2, -0.15) is 0 Å². The summed E-state index contributed by atoms with van der Waals surface area (Å²) in [5.74, 6) is 0.0767. The number of amides is 1. The lowest BCUT2D eigenvalue weighted by Crippen LogP contribution is -2.46. The van der Waals surface area contributed by atoms with Crippen molar-refractivity contribution >= 4 is 16.7 Å². The summed E-state index contributed by atoms with van der Waals surface area (Å²) in [7, 11) is 0. The molecule has 2 atom stereocenters. The summed E-state index contributed by atoms with van der Waals surface area (Å²) in [5, 5.41) is 2.10. The van der Waals surface area contributed by atoms with Crippen LogP contribution in [-0.4, -0.2) is 30.0 Å². The summed E-state index contributed by atoms with van der Waals surface area (Å²) < 4.78 is 6.08. The molecular formula is C22H21NO2. The number of hydrogen-bond donors (Lipinski definition) is 0. The Morgan fingerprint density at radius 1 is 0.920 bits per heavy atom. The van der Waals surface area contributed by atoms with Crippen molar-refractivity contribution in [3.8, 4) is 0 Å². The quantitative estimate of drug-likeness (QED) is 0.695. The summed E-state index contributed by atoms with van der Waals surface area (Å²) >= 11 is 0. The highest BCUT2D eigenvalue weighted by Gasteiger charge is 2.30. The van der Waals surface area contributed by atoms with E-state index < -0.39 is 0 Å². The topological polar surface area (TPSA) is 29.5 Å². The molecule has 1 fully saturated rings. The highest BCUT2D eigenvalue weighted by Crippen LogP contribution is 2.27.